The predicted molar refractivity (Wildman–Crippen MR) is 98.2 cm³/mol. The molecule has 1 fully saturated rings. The zero-order chi connectivity index (χ0) is 18.9. The minimum absolute atomic E-state index is 0.0721. The van der Waals surface area contributed by atoms with Crippen LogP contribution in [0.1, 0.15) is 12.8 Å². The van der Waals surface area contributed by atoms with Crippen molar-refractivity contribution in [1.29, 1.82) is 0 Å². The fraction of sp³-hybridized carbons (Fsp3) is 0.412. The molecular weight excluding hydrogens is 378 g/mol. The summed E-state index contributed by atoms with van der Waals surface area (Å²) in [5, 5.41) is 1.28. The van der Waals surface area contributed by atoms with E-state index < -0.39 is 22.1 Å². The number of hydrogen-bond acceptors (Lipinski definition) is 6. The van der Waals surface area contributed by atoms with E-state index in [0.717, 1.165) is 0 Å². The van der Waals surface area contributed by atoms with Gasteiger partial charge >= 0.3 is 0 Å². The van der Waals surface area contributed by atoms with Gasteiger partial charge in [0.1, 0.15) is 5.78 Å². The molecule has 3 rings (SSSR count). The Morgan fingerprint density at radius 2 is 2.19 bits per heavy atom. The minimum atomic E-state index is -3.91. The van der Waals surface area contributed by atoms with Crippen LogP contribution in [0.2, 0.25) is 5.02 Å². The summed E-state index contributed by atoms with van der Waals surface area (Å²) in [4.78, 5) is 16.3. The number of hydrogen-bond donors (Lipinski definition) is 1. The van der Waals surface area contributed by atoms with E-state index in [1.807, 2.05) is 0 Å². The first-order valence-electron chi connectivity index (χ1n) is 8.19. The summed E-state index contributed by atoms with van der Waals surface area (Å²) >= 11 is 6.20. The van der Waals surface area contributed by atoms with E-state index in [0.29, 0.717) is 23.8 Å². The molecule has 0 spiro atoms. The maximum absolute atomic E-state index is 13.2. The van der Waals surface area contributed by atoms with Crippen molar-refractivity contribution in [3.8, 4) is 0 Å². The Hall–Kier alpha value is -1.58. The average Bonchev–Trinajstić information content (AvgIpc) is 3.02. The van der Waals surface area contributed by atoms with E-state index in [9.17, 15) is 13.2 Å². The highest BCUT2D eigenvalue weighted by Crippen LogP contribution is 2.34. The Bertz CT molecular complexity index is 929. The van der Waals surface area contributed by atoms with Crippen LogP contribution in [-0.2, 0) is 19.6 Å². The summed E-state index contributed by atoms with van der Waals surface area (Å²) in [7, 11) is -2.40. The average molecular weight is 398 g/mol. The molecule has 7 nitrogen and oxygen atoms in total. The van der Waals surface area contributed by atoms with Gasteiger partial charge in [0.2, 0.25) is 10.0 Å². The van der Waals surface area contributed by atoms with Gasteiger partial charge in [-0.05, 0) is 12.5 Å². The zero-order valence-electron chi connectivity index (χ0n) is 14.3. The highest BCUT2D eigenvalue weighted by atomic mass is 35.5. The van der Waals surface area contributed by atoms with Gasteiger partial charge in [-0.1, -0.05) is 23.7 Å². The van der Waals surface area contributed by atoms with Crippen LogP contribution in [0.3, 0.4) is 0 Å². The molecule has 0 amide bonds. The van der Waals surface area contributed by atoms with Crippen molar-refractivity contribution >= 4 is 38.2 Å². The number of sulfonamides is 1. The van der Waals surface area contributed by atoms with Crippen LogP contribution in [0.25, 0.3) is 10.8 Å². The molecule has 140 valence electrons. The van der Waals surface area contributed by atoms with Crippen molar-refractivity contribution in [2.24, 2.45) is 11.7 Å². The van der Waals surface area contributed by atoms with Gasteiger partial charge in [-0.2, -0.15) is 4.31 Å². The number of carbonyl (C=O) groups is 1. The van der Waals surface area contributed by atoms with E-state index in [-0.39, 0.29) is 28.7 Å². The fourth-order valence-corrected chi connectivity index (χ4v) is 5.43. The van der Waals surface area contributed by atoms with Crippen molar-refractivity contribution in [1.82, 2.24) is 9.29 Å². The van der Waals surface area contributed by atoms with Gasteiger partial charge in [0.15, 0.2) is 0 Å². The predicted octanol–water partition coefficient (Wildman–Crippen LogP) is 1.79. The molecular formula is C17H20ClN3O4S. The van der Waals surface area contributed by atoms with Gasteiger partial charge in [-0.15, -0.1) is 0 Å². The highest BCUT2D eigenvalue weighted by Gasteiger charge is 2.42. The lowest BCUT2D eigenvalue weighted by Crippen LogP contribution is -2.45. The lowest BCUT2D eigenvalue weighted by atomic mass is 9.99. The van der Waals surface area contributed by atoms with Crippen LogP contribution in [0.4, 0.5) is 0 Å². The molecule has 0 aliphatic carbocycles. The number of ether oxygens (including phenoxy) is 1. The number of aromatic nitrogens is 1. The first-order chi connectivity index (χ1) is 12.4. The second kappa shape index (κ2) is 7.58. The summed E-state index contributed by atoms with van der Waals surface area (Å²) in [6, 6.07) is 4.88. The van der Waals surface area contributed by atoms with Crippen molar-refractivity contribution in [2.45, 2.75) is 23.9 Å². The highest BCUT2D eigenvalue weighted by molar-refractivity contribution is 7.89. The van der Waals surface area contributed by atoms with Gasteiger partial charge in [0, 0.05) is 49.2 Å². The topological polar surface area (TPSA) is 103 Å². The van der Waals surface area contributed by atoms with E-state index in [2.05, 4.69) is 4.98 Å². The second-order valence-electron chi connectivity index (χ2n) is 6.19. The molecule has 1 aromatic heterocycles. The number of methoxy groups -OCH3 is 1. The van der Waals surface area contributed by atoms with Crippen LogP contribution in [0.15, 0.2) is 35.5 Å². The van der Waals surface area contributed by atoms with Crippen molar-refractivity contribution < 1.29 is 17.9 Å². The largest absolute Gasteiger partial charge is 0.384 e. The molecule has 9 heteroatoms. The van der Waals surface area contributed by atoms with Crippen LogP contribution < -0.4 is 5.73 Å². The van der Waals surface area contributed by atoms with Gasteiger partial charge in [0.25, 0.3) is 0 Å². The number of fused-ring (bicyclic) bond motifs is 1. The zero-order valence-corrected chi connectivity index (χ0v) is 15.8. The van der Waals surface area contributed by atoms with Crippen LogP contribution in [0.5, 0.6) is 0 Å². The van der Waals surface area contributed by atoms with E-state index in [4.69, 9.17) is 22.1 Å². The number of nitrogens with two attached hydrogens (primary N) is 1. The number of ketones is 1. The number of benzene rings is 1. The fourth-order valence-electron chi connectivity index (χ4n) is 3.31. The number of rotatable bonds is 6. The van der Waals surface area contributed by atoms with Crippen molar-refractivity contribution in [3.05, 3.63) is 35.6 Å². The summed E-state index contributed by atoms with van der Waals surface area (Å²) in [6.07, 6.45) is 2.67. The molecule has 1 unspecified atom stereocenters. The summed E-state index contributed by atoms with van der Waals surface area (Å²) in [5.74, 6) is -0.621. The monoisotopic (exact) mass is 397 g/mol. The van der Waals surface area contributed by atoms with Crippen molar-refractivity contribution in [2.75, 3.05) is 20.3 Å². The van der Waals surface area contributed by atoms with Gasteiger partial charge in [-0.3, -0.25) is 9.78 Å². The van der Waals surface area contributed by atoms with E-state index >= 15 is 0 Å². The van der Waals surface area contributed by atoms with Crippen molar-refractivity contribution in [3.63, 3.8) is 0 Å². The Morgan fingerprint density at radius 1 is 1.42 bits per heavy atom. The number of Topliss-reactive ketones (excluding diaryl/α,β-unsaturated/α-hetero) is 1. The Labute approximate surface area is 157 Å². The molecule has 1 saturated heterocycles. The second-order valence-corrected chi connectivity index (χ2v) is 8.45. The van der Waals surface area contributed by atoms with Crippen LogP contribution >= 0.6 is 11.6 Å². The first kappa shape index (κ1) is 19.2. The Balaban J connectivity index is 1.96. The molecule has 1 aromatic carbocycles. The standard InChI is InChI=1S/C17H20ClN3O4S/c1-25-8-6-14(22)12-5-7-21(17(12)19)26(23,24)15-4-2-3-11-9-20-10-13(18)16(11)15/h2-4,9-10,12,17H,5-8,19H2,1H3/t12?,17-/m1/s1. The van der Waals surface area contributed by atoms with E-state index in [1.165, 1.54) is 23.7 Å². The molecule has 0 radical (unpaired) electrons. The summed E-state index contributed by atoms with van der Waals surface area (Å²) < 4.78 is 32.6. The van der Waals surface area contributed by atoms with Gasteiger partial charge in [0.05, 0.1) is 22.7 Å². The normalized spacial score (nSPS) is 21.3. The number of pyridine rings is 1. The molecule has 0 bridgehead atoms. The molecule has 2 heterocycles. The number of carbonyl (C=O) groups excluding carboxylic acids is 1. The first-order valence-corrected chi connectivity index (χ1v) is 10.0. The summed E-state index contributed by atoms with van der Waals surface area (Å²) in [5.41, 5.74) is 6.14. The van der Waals surface area contributed by atoms with Gasteiger partial charge < -0.3 is 10.5 Å². The Kier molecular flexibility index (Phi) is 5.59. The molecule has 1 aliphatic rings. The quantitative estimate of drug-likeness (QED) is 0.797. The maximum Gasteiger partial charge on any atom is 0.245 e. The molecule has 2 N–H and O–H groups in total. The number of halogens is 1. The number of nitrogens with zero attached hydrogens (tertiary/aromatic N) is 2. The third-order valence-electron chi connectivity index (χ3n) is 4.66. The maximum atomic E-state index is 13.2. The van der Waals surface area contributed by atoms with Gasteiger partial charge in [-0.25, -0.2) is 8.42 Å². The smallest absolute Gasteiger partial charge is 0.245 e. The lowest BCUT2D eigenvalue weighted by molar-refractivity contribution is -0.124. The Morgan fingerprint density at radius 3 is 2.92 bits per heavy atom. The van der Waals surface area contributed by atoms with E-state index in [1.54, 1.807) is 18.3 Å². The third kappa shape index (κ3) is 3.35. The third-order valence-corrected chi connectivity index (χ3v) is 6.88. The molecule has 2 atom stereocenters. The summed E-state index contributed by atoms with van der Waals surface area (Å²) in [6.45, 7) is 0.479. The molecule has 1 aliphatic heterocycles. The minimum Gasteiger partial charge on any atom is -0.384 e. The van der Waals surface area contributed by atoms with Crippen LogP contribution in [0, 0.1) is 5.92 Å². The lowest BCUT2D eigenvalue weighted by Gasteiger charge is -2.24. The molecule has 26 heavy (non-hydrogen) atoms. The molecule has 2 aromatic rings. The molecule has 0 saturated carbocycles. The van der Waals surface area contributed by atoms with Crippen LogP contribution in [-0.4, -0.2) is 49.9 Å². The SMILES string of the molecule is COCCC(=O)C1CCN(S(=O)(=O)c2cccc3cncc(Cl)c23)[C@H]1N.